The molecule has 11 heavy (non-hydrogen) atoms. The van der Waals surface area contributed by atoms with E-state index in [1.54, 1.807) is 6.92 Å². The second-order valence-corrected chi connectivity index (χ2v) is 2.76. The molecule has 0 saturated carbocycles. The van der Waals surface area contributed by atoms with Crippen molar-refractivity contribution in [3.63, 3.8) is 0 Å². The van der Waals surface area contributed by atoms with Crippen LogP contribution in [0, 0.1) is 0 Å². The van der Waals surface area contributed by atoms with E-state index in [1.807, 2.05) is 0 Å². The lowest BCUT2D eigenvalue weighted by Gasteiger charge is -2.00. The minimum Gasteiger partial charge on any atom is -0.493 e. The summed E-state index contributed by atoms with van der Waals surface area (Å²) in [7, 11) is 0. The van der Waals surface area contributed by atoms with Gasteiger partial charge in [0.05, 0.1) is 11.4 Å². The predicted molar refractivity (Wildman–Crippen MR) is 40.8 cm³/mol. The molecule has 1 atom stereocenters. The number of rotatable bonds is 1. The fourth-order valence-corrected chi connectivity index (χ4v) is 0.755. The molecule has 1 unspecified atom stereocenters. The van der Waals surface area contributed by atoms with E-state index in [0.717, 1.165) is 6.07 Å². The summed E-state index contributed by atoms with van der Waals surface area (Å²) in [6.07, 6.45) is 0. The van der Waals surface area contributed by atoms with Gasteiger partial charge < -0.3 is 10.1 Å². The van der Waals surface area contributed by atoms with Crippen molar-refractivity contribution in [1.29, 1.82) is 0 Å². The fraction of sp³-hybridized carbons (Fsp3) is 0.333. The monoisotopic (exact) mass is 174 g/mol. The van der Waals surface area contributed by atoms with Gasteiger partial charge in [-0.25, -0.2) is 0 Å². The summed E-state index contributed by atoms with van der Waals surface area (Å²) in [6, 6.07) is 0.989. The fourth-order valence-electron chi connectivity index (χ4n) is 0.652. The first-order valence-corrected chi connectivity index (χ1v) is 3.47. The predicted octanol–water partition coefficient (Wildman–Crippen LogP) is 0.775. The number of halogens is 1. The standard InChI is InChI=1S/C6H7ClN2O2/c1-3(7)6-8-4(10)2-5(11)9-6/h2-3H,1H3,(H2,8,9,10,11). The Hall–Kier alpha value is -1.03. The number of aromatic hydroxyl groups is 1. The first-order valence-electron chi connectivity index (χ1n) is 3.04. The maximum Gasteiger partial charge on any atom is 0.254 e. The van der Waals surface area contributed by atoms with Crippen LogP contribution in [0.5, 0.6) is 5.88 Å². The SMILES string of the molecule is CC(Cl)c1nc(O)cc(=O)[nH]1. The van der Waals surface area contributed by atoms with Gasteiger partial charge in [0.1, 0.15) is 5.82 Å². The Labute approximate surface area is 67.9 Å². The molecule has 0 aliphatic rings. The normalized spacial score (nSPS) is 12.9. The zero-order valence-electron chi connectivity index (χ0n) is 5.84. The van der Waals surface area contributed by atoms with Crippen LogP contribution in [-0.2, 0) is 0 Å². The van der Waals surface area contributed by atoms with Gasteiger partial charge in [-0.1, -0.05) is 0 Å². The average molecular weight is 175 g/mol. The van der Waals surface area contributed by atoms with Crippen molar-refractivity contribution in [3.8, 4) is 5.88 Å². The van der Waals surface area contributed by atoms with E-state index in [9.17, 15) is 4.79 Å². The summed E-state index contributed by atoms with van der Waals surface area (Å²) in [6.45, 7) is 1.65. The zero-order valence-corrected chi connectivity index (χ0v) is 6.59. The van der Waals surface area contributed by atoms with Crippen molar-refractivity contribution < 1.29 is 5.11 Å². The van der Waals surface area contributed by atoms with Gasteiger partial charge >= 0.3 is 0 Å². The number of nitrogens with zero attached hydrogens (tertiary/aromatic N) is 1. The number of alkyl halides is 1. The zero-order chi connectivity index (χ0) is 8.43. The van der Waals surface area contributed by atoms with Gasteiger partial charge in [0.25, 0.3) is 5.56 Å². The second kappa shape index (κ2) is 2.92. The van der Waals surface area contributed by atoms with Crippen molar-refractivity contribution in [2.75, 3.05) is 0 Å². The van der Waals surface area contributed by atoms with E-state index >= 15 is 0 Å². The van der Waals surface area contributed by atoms with Crippen LogP contribution in [0.4, 0.5) is 0 Å². The molecule has 0 radical (unpaired) electrons. The Morgan fingerprint density at radius 3 is 2.91 bits per heavy atom. The molecule has 0 aliphatic carbocycles. The third kappa shape index (κ3) is 1.94. The first-order chi connectivity index (χ1) is 5.09. The molecule has 0 aromatic carbocycles. The van der Waals surface area contributed by atoms with Crippen LogP contribution < -0.4 is 5.56 Å². The van der Waals surface area contributed by atoms with Crippen LogP contribution in [0.15, 0.2) is 10.9 Å². The molecule has 0 spiro atoms. The molecule has 0 aliphatic heterocycles. The van der Waals surface area contributed by atoms with Crippen molar-refractivity contribution in [2.24, 2.45) is 0 Å². The molecule has 0 bridgehead atoms. The summed E-state index contributed by atoms with van der Waals surface area (Å²) in [5.74, 6) is -0.0343. The molecule has 5 heteroatoms. The molecule has 2 N–H and O–H groups in total. The molecule has 1 aromatic rings. The van der Waals surface area contributed by atoms with E-state index < -0.39 is 10.9 Å². The summed E-state index contributed by atoms with van der Waals surface area (Å²) >= 11 is 5.60. The lowest BCUT2D eigenvalue weighted by atomic mass is 10.4. The molecule has 0 fully saturated rings. The molecule has 4 nitrogen and oxygen atoms in total. The van der Waals surface area contributed by atoms with Gasteiger partial charge in [0.15, 0.2) is 0 Å². The summed E-state index contributed by atoms with van der Waals surface area (Å²) in [5, 5.41) is 8.45. The number of H-pyrrole nitrogens is 1. The molecule has 1 aromatic heterocycles. The van der Waals surface area contributed by atoms with E-state index in [0.29, 0.717) is 0 Å². The lowest BCUT2D eigenvalue weighted by molar-refractivity contribution is 0.447. The summed E-state index contributed by atoms with van der Waals surface area (Å²) < 4.78 is 0. The third-order valence-corrected chi connectivity index (χ3v) is 1.33. The highest BCUT2D eigenvalue weighted by molar-refractivity contribution is 6.20. The molecular weight excluding hydrogens is 168 g/mol. The number of aromatic amines is 1. The minimum absolute atomic E-state index is 0.275. The van der Waals surface area contributed by atoms with Crippen LogP contribution >= 0.6 is 11.6 Å². The smallest absolute Gasteiger partial charge is 0.254 e. The van der Waals surface area contributed by atoms with Crippen LogP contribution in [0.3, 0.4) is 0 Å². The Morgan fingerprint density at radius 2 is 2.45 bits per heavy atom. The first kappa shape index (κ1) is 8.07. The Kier molecular flexibility index (Phi) is 2.14. The molecule has 60 valence electrons. The largest absolute Gasteiger partial charge is 0.493 e. The Balaban J connectivity index is 3.19. The number of nitrogens with one attached hydrogen (secondary N) is 1. The average Bonchev–Trinajstić information content (AvgIpc) is 1.85. The van der Waals surface area contributed by atoms with Gasteiger partial charge in [-0.15, -0.1) is 11.6 Å². The minimum atomic E-state index is -0.408. The molecular formula is C6H7ClN2O2. The highest BCUT2D eigenvalue weighted by Crippen LogP contribution is 2.14. The van der Waals surface area contributed by atoms with Gasteiger partial charge in [-0.05, 0) is 6.92 Å². The van der Waals surface area contributed by atoms with Gasteiger partial charge in [-0.2, -0.15) is 4.98 Å². The second-order valence-electron chi connectivity index (χ2n) is 2.10. The van der Waals surface area contributed by atoms with Crippen molar-refractivity contribution >= 4 is 11.6 Å². The Bertz CT molecular complexity index is 308. The summed E-state index contributed by atoms with van der Waals surface area (Å²) in [5.41, 5.74) is -0.403. The highest BCUT2D eigenvalue weighted by Gasteiger charge is 2.04. The Morgan fingerprint density at radius 1 is 1.82 bits per heavy atom. The van der Waals surface area contributed by atoms with Crippen molar-refractivity contribution in [2.45, 2.75) is 12.3 Å². The maximum absolute atomic E-state index is 10.7. The van der Waals surface area contributed by atoms with Gasteiger partial charge in [0.2, 0.25) is 5.88 Å². The highest BCUT2D eigenvalue weighted by atomic mass is 35.5. The van der Waals surface area contributed by atoms with E-state index in [-0.39, 0.29) is 11.7 Å². The summed E-state index contributed by atoms with van der Waals surface area (Å²) in [4.78, 5) is 16.7. The van der Waals surface area contributed by atoms with E-state index in [1.165, 1.54) is 0 Å². The maximum atomic E-state index is 10.7. The molecule has 1 heterocycles. The molecule has 1 rings (SSSR count). The van der Waals surface area contributed by atoms with E-state index in [4.69, 9.17) is 16.7 Å². The number of hydrogen-bond acceptors (Lipinski definition) is 3. The van der Waals surface area contributed by atoms with Crippen molar-refractivity contribution in [1.82, 2.24) is 9.97 Å². The number of hydrogen-bond donors (Lipinski definition) is 2. The van der Waals surface area contributed by atoms with Gasteiger partial charge in [0, 0.05) is 0 Å². The van der Waals surface area contributed by atoms with E-state index in [2.05, 4.69) is 9.97 Å². The van der Waals surface area contributed by atoms with Crippen molar-refractivity contribution in [3.05, 3.63) is 22.2 Å². The third-order valence-electron chi connectivity index (χ3n) is 1.12. The van der Waals surface area contributed by atoms with Crippen LogP contribution in [-0.4, -0.2) is 15.1 Å². The van der Waals surface area contributed by atoms with Crippen LogP contribution in [0.25, 0.3) is 0 Å². The number of aromatic nitrogens is 2. The molecule has 0 saturated heterocycles. The molecule has 0 amide bonds. The van der Waals surface area contributed by atoms with Crippen LogP contribution in [0.1, 0.15) is 18.1 Å². The quantitative estimate of drug-likeness (QED) is 0.619. The van der Waals surface area contributed by atoms with Gasteiger partial charge in [-0.3, -0.25) is 4.79 Å². The topological polar surface area (TPSA) is 66.0 Å². The lowest BCUT2D eigenvalue weighted by Crippen LogP contribution is -2.09. The van der Waals surface area contributed by atoms with Crippen LogP contribution in [0.2, 0.25) is 0 Å².